The van der Waals surface area contributed by atoms with Crippen LogP contribution in [-0.4, -0.2) is 29.9 Å². The number of carbonyl (C=O) groups excluding carboxylic acids is 2. The zero-order chi connectivity index (χ0) is 16.0. The number of hydrogen-bond donors (Lipinski definition) is 3. The van der Waals surface area contributed by atoms with E-state index in [2.05, 4.69) is 16.0 Å². The maximum absolute atomic E-state index is 11.9. The minimum absolute atomic E-state index is 0.0469. The van der Waals surface area contributed by atoms with Crippen LogP contribution in [0.3, 0.4) is 0 Å². The fourth-order valence-corrected chi connectivity index (χ4v) is 1.78. The van der Waals surface area contributed by atoms with Crippen molar-refractivity contribution in [3.8, 4) is 0 Å². The van der Waals surface area contributed by atoms with Crippen molar-refractivity contribution in [2.75, 3.05) is 11.9 Å². The van der Waals surface area contributed by atoms with Crippen LogP contribution in [0.5, 0.6) is 0 Å². The third-order valence-electron chi connectivity index (χ3n) is 2.57. The molecule has 0 radical (unpaired) electrons. The Kier molecular flexibility index (Phi) is 6.18. The molecule has 0 saturated carbocycles. The molecule has 0 spiro atoms. The summed E-state index contributed by atoms with van der Waals surface area (Å²) < 4.78 is 0. The second-order valence-electron chi connectivity index (χ2n) is 5.90. The first kappa shape index (κ1) is 17.5. The topological polar surface area (TPSA) is 70.2 Å². The first-order valence-electron chi connectivity index (χ1n) is 6.78. The Balaban J connectivity index is 2.41. The highest BCUT2D eigenvalue weighted by Gasteiger charge is 2.19. The van der Waals surface area contributed by atoms with Gasteiger partial charge in [-0.05, 0) is 45.9 Å². The molecular formula is C15H22ClN3O2. The number of hydrogen-bond acceptors (Lipinski definition) is 3. The lowest BCUT2D eigenvalue weighted by atomic mass is 10.1. The van der Waals surface area contributed by atoms with Crippen molar-refractivity contribution in [1.29, 1.82) is 0 Å². The Morgan fingerprint density at radius 2 is 1.95 bits per heavy atom. The van der Waals surface area contributed by atoms with Crippen molar-refractivity contribution < 1.29 is 9.59 Å². The summed E-state index contributed by atoms with van der Waals surface area (Å²) in [5, 5.41) is 8.99. The zero-order valence-corrected chi connectivity index (χ0v) is 13.5. The van der Waals surface area contributed by atoms with Crippen LogP contribution in [0.4, 0.5) is 5.69 Å². The molecular weight excluding hydrogens is 290 g/mol. The number of rotatable bonds is 5. The third kappa shape index (κ3) is 7.11. The van der Waals surface area contributed by atoms with Crippen LogP contribution < -0.4 is 16.0 Å². The van der Waals surface area contributed by atoms with Crippen LogP contribution in [0.15, 0.2) is 24.3 Å². The number of benzene rings is 1. The molecule has 1 unspecified atom stereocenters. The van der Waals surface area contributed by atoms with Gasteiger partial charge in [-0.3, -0.25) is 14.9 Å². The van der Waals surface area contributed by atoms with Gasteiger partial charge in [0.05, 0.1) is 12.6 Å². The maximum atomic E-state index is 11.9. The summed E-state index contributed by atoms with van der Waals surface area (Å²) in [6, 6.07) is 6.45. The first-order valence-corrected chi connectivity index (χ1v) is 7.16. The summed E-state index contributed by atoms with van der Waals surface area (Å²) >= 11 is 5.84. The molecule has 1 aromatic carbocycles. The minimum Gasteiger partial charge on any atom is -0.350 e. The fraction of sp³-hybridized carbons (Fsp3) is 0.467. The van der Waals surface area contributed by atoms with Gasteiger partial charge < -0.3 is 10.6 Å². The monoisotopic (exact) mass is 311 g/mol. The molecule has 1 atom stereocenters. The van der Waals surface area contributed by atoms with Crippen LogP contribution in [0.25, 0.3) is 0 Å². The van der Waals surface area contributed by atoms with E-state index in [1.807, 2.05) is 20.8 Å². The van der Waals surface area contributed by atoms with E-state index >= 15 is 0 Å². The molecule has 0 aliphatic rings. The molecule has 1 aromatic rings. The van der Waals surface area contributed by atoms with Crippen LogP contribution in [-0.2, 0) is 9.59 Å². The molecule has 0 fully saturated rings. The SMILES string of the molecule is CC(NCC(=O)Nc1cccc(Cl)c1)C(=O)NC(C)(C)C. The molecule has 0 aliphatic carbocycles. The largest absolute Gasteiger partial charge is 0.350 e. The molecule has 0 aromatic heterocycles. The number of anilines is 1. The number of halogens is 1. The number of nitrogens with one attached hydrogen (secondary N) is 3. The van der Waals surface area contributed by atoms with Gasteiger partial charge in [0.1, 0.15) is 0 Å². The van der Waals surface area contributed by atoms with Crippen molar-refractivity contribution >= 4 is 29.1 Å². The predicted molar refractivity (Wildman–Crippen MR) is 85.4 cm³/mol. The first-order chi connectivity index (χ1) is 9.67. The zero-order valence-electron chi connectivity index (χ0n) is 12.8. The summed E-state index contributed by atoms with van der Waals surface area (Å²) in [5.74, 6) is -0.370. The van der Waals surface area contributed by atoms with E-state index in [1.165, 1.54) is 0 Å². The molecule has 5 nitrogen and oxygen atoms in total. The van der Waals surface area contributed by atoms with Gasteiger partial charge in [0.15, 0.2) is 0 Å². The van der Waals surface area contributed by atoms with Crippen molar-refractivity contribution in [3.63, 3.8) is 0 Å². The van der Waals surface area contributed by atoms with Gasteiger partial charge in [-0.1, -0.05) is 17.7 Å². The van der Waals surface area contributed by atoms with Crippen molar-refractivity contribution in [2.24, 2.45) is 0 Å². The van der Waals surface area contributed by atoms with Gasteiger partial charge in [0.25, 0.3) is 0 Å². The highest BCUT2D eigenvalue weighted by molar-refractivity contribution is 6.30. The highest BCUT2D eigenvalue weighted by atomic mass is 35.5. The Morgan fingerprint density at radius 1 is 1.29 bits per heavy atom. The Morgan fingerprint density at radius 3 is 2.52 bits per heavy atom. The molecule has 3 N–H and O–H groups in total. The number of carbonyl (C=O) groups is 2. The second kappa shape index (κ2) is 7.43. The van der Waals surface area contributed by atoms with Crippen LogP contribution in [0, 0.1) is 0 Å². The molecule has 2 amide bonds. The third-order valence-corrected chi connectivity index (χ3v) is 2.80. The van der Waals surface area contributed by atoms with Crippen molar-refractivity contribution in [3.05, 3.63) is 29.3 Å². The Labute approximate surface area is 130 Å². The van der Waals surface area contributed by atoms with E-state index in [0.717, 1.165) is 0 Å². The highest BCUT2D eigenvalue weighted by Crippen LogP contribution is 2.14. The fourth-order valence-electron chi connectivity index (χ4n) is 1.59. The van der Waals surface area contributed by atoms with Crippen molar-refractivity contribution in [2.45, 2.75) is 39.3 Å². The van der Waals surface area contributed by atoms with Gasteiger partial charge in [0, 0.05) is 16.2 Å². The molecule has 0 aliphatic heterocycles. The molecule has 1 rings (SSSR count). The Bertz CT molecular complexity index is 512. The molecule has 6 heteroatoms. The Hall–Kier alpha value is -1.59. The van der Waals surface area contributed by atoms with Gasteiger partial charge in [0.2, 0.25) is 11.8 Å². The summed E-state index contributed by atoms with van der Waals surface area (Å²) in [6.07, 6.45) is 0. The van der Waals surface area contributed by atoms with Crippen LogP contribution in [0.1, 0.15) is 27.7 Å². The van der Waals surface area contributed by atoms with E-state index in [9.17, 15) is 9.59 Å². The summed E-state index contributed by atoms with van der Waals surface area (Å²) in [7, 11) is 0. The van der Waals surface area contributed by atoms with E-state index in [4.69, 9.17) is 11.6 Å². The molecule has 21 heavy (non-hydrogen) atoms. The smallest absolute Gasteiger partial charge is 0.238 e. The summed E-state index contributed by atoms with van der Waals surface area (Å²) in [4.78, 5) is 23.6. The molecule has 116 valence electrons. The van der Waals surface area contributed by atoms with E-state index < -0.39 is 6.04 Å². The predicted octanol–water partition coefficient (Wildman–Crippen LogP) is 2.17. The molecule has 0 saturated heterocycles. The maximum Gasteiger partial charge on any atom is 0.238 e. The van der Waals surface area contributed by atoms with Gasteiger partial charge in [-0.2, -0.15) is 0 Å². The lowest BCUT2D eigenvalue weighted by Crippen LogP contribution is -2.50. The van der Waals surface area contributed by atoms with Gasteiger partial charge in [-0.15, -0.1) is 0 Å². The van der Waals surface area contributed by atoms with E-state index in [1.54, 1.807) is 31.2 Å². The average molecular weight is 312 g/mol. The van der Waals surface area contributed by atoms with Crippen LogP contribution in [0.2, 0.25) is 5.02 Å². The summed E-state index contributed by atoms with van der Waals surface area (Å²) in [5.41, 5.74) is 0.330. The van der Waals surface area contributed by atoms with E-state index in [-0.39, 0.29) is 23.9 Å². The normalized spacial score (nSPS) is 12.6. The van der Waals surface area contributed by atoms with Gasteiger partial charge >= 0.3 is 0 Å². The average Bonchev–Trinajstić information content (AvgIpc) is 2.33. The number of amides is 2. The van der Waals surface area contributed by atoms with Crippen molar-refractivity contribution in [1.82, 2.24) is 10.6 Å². The van der Waals surface area contributed by atoms with Crippen LogP contribution >= 0.6 is 11.6 Å². The lowest BCUT2D eigenvalue weighted by Gasteiger charge is -2.23. The van der Waals surface area contributed by atoms with E-state index in [0.29, 0.717) is 10.7 Å². The quantitative estimate of drug-likeness (QED) is 0.780. The molecule has 0 bridgehead atoms. The lowest BCUT2D eigenvalue weighted by molar-refractivity contribution is -0.124. The minimum atomic E-state index is -0.450. The summed E-state index contributed by atoms with van der Waals surface area (Å²) in [6.45, 7) is 7.48. The molecule has 0 heterocycles. The van der Waals surface area contributed by atoms with Gasteiger partial charge in [-0.25, -0.2) is 0 Å². The second-order valence-corrected chi connectivity index (χ2v) is 6.34. The standard InChI is InChI=1S/C15H22ClN3O2/c1-10(14(21)19-15(2,3)4)17-9-13(20)18-12-7-5-6-11(16)8-12/h5-8,10,17H,9H2,1-4H3,(H,18,20)(H,19,21).